The van der Waals surface area contributed by atoms with Crippen molar-refractivity contribution < 1.29 is 13.2 Å². The smallest absolute Gasteiger partial charge is 0.251 e. The molecule has 1 fully saturated rings. The number of nitrogens with one attached hydrogen (secondary N) is 1. The lowest BCUT2D eigenvalue weighted by Crippen LogP contribution is -2.26. The number of hydrogen-bond donors (Lipinski definition) is 1. The van der Waals surface area contributed by atoms with Gasteiger partial charge in [-0.1, -0.05) is 13.3 Å². The zero-order valence-corrected chi connectivity index (χ0v) is 12.4. The summed E-state index contributed by atoms with van der Waals surface area (Å²) in [5.74, 6) is 0.0842. The molecule has 0 aromatic heterocycles. The second-order valence-electron chi connectivity index (χ2n) is 4.90. The molecular weight excluding hydrogens is 276 g/mol. The predicted molar refractivity (Wildman–Crippen MR) is 79.4 cm³/mol. The van der Waals surface area contributed by atoms with Gasteiger partial charge in [-0.25, -0.2) is 8.42 Å². The van der Waals surface area contributed by atoms with E-state index in [0.29, 0.717) is 30.8 Å². The topological polar surface area (TPSA) is 66.5 Å². The molecule has 1 saturated heterocycles. The molecule has 1 heterocycles. The summed E-state index contributed by atoms with van der Waals surface area (Å²) in [5, 5.41) is 2.83. The highest BCUT2D eigenvalue weighted by atomic mass is 32.2. The third-order valence-electron chi connectivity index (χ3n) is 3.33. The third-order valence-corrected chi connectivity index (χ3v) is 5.20. The summed E-state index contributed by atoms with van der Waals surface area (Å²) in [4.78, 5) is 11.8. The van der Waals surface area contributed by atoms with Crippen LogP contribution in [0.15, 0.2) is 24.3 Å². The van der Waals surface area contributed by atoms with E-state index in [0.717, 1.165) is 12.8 Å². The summed E-state index contributed by atoms with van der Waals surface area (Å²) in [6.07, 6.45) is 2.64. The van der Waals surface area contributed by atoms with Crippen LogP contribution in [-0.2, 0) is 10.0 Å². The Kier molecular flexibility index (Phi) is 4.65. The highest BCUT2D eigenvalue weighted by molar-refractivity contribution is 7.93. The maximum Gasteiger partial charge on any atom is 0.251 e. The Bertz CT molecular complexity index is 567. The first kappa shape index (κ1) is 14.8. The van der Waals surface area contributed by atoms with Gasteiger partial charge in [-0.2, -0.15) is 0 Å². The van der Waals surface area contributed by atoms with Gasteiger partial charge < -0.3 is 5.32 Å². The lowest BCUT2D eigenvalue weighted by Gasteiger charge is -2.17. The van der Waals surface area contributed by atoms with E-state index < -0.39 is 10.0 Å². The highest BCUT2D eigenvalue weighted by Crippen LogP contribution is 2.24. The van der Waals surface area contributed by atoms with Crippen LogP contribution in [-0.4, -0.2) is 33.2 Å². The fourth-order valence-corrected chi connectivity index (χ4v) is 3.75. The van der Waals surface area contributed by atoms with Crippen molar-refractivity contribution in [1.29, 1.82) is 0 Å². The number of nitrogens with zero attached hydrogens (tertiary/aromatic N) is 1. The summed E-state index contributed by atoms with van der Waals surface area (Å²) in [6.45, 7) is 3.25. The van der Waals surface area contributed by atoms with E-state index in [1.807, 2.05) is 0 Å². The number of carbonyl (C=O) groups excluding carboxylic acids is 1. The Morgan fingerprint density at radius 2 is 2.00 bits per heavy atom. The number of sulfonamides is 1. The number of hydrogen-bond acceptors (Lipinski definition) is 3. The van der Waals surface area contributed by atoms with Crippen LogP contribution in [0.3, 0.4) is 0 Å². The average Bonchev–Trinajstić information content (AvgIpc) is 2.79. The van der Waals surface area contributed by atoms with Crippen molar-refractivity contribution in [2.45, 2.75) is 26.2 Å². The normalized spacial score (nSPS) is 17.1. The van der Waals surface area contributed by atoms with Crippen LogP contribution in [0.25, 0.3) is 0 Å². The van der Waals surface area contributed by atoms with Gasteiger partial charge in [0.2, 0.25) is 10.0 Å². The van der Waals surface area contributed by atoms with Gasteiger partial charge in [-0.3, -0.25) is 9.10 Å². The molecule has 1 aliphatic rings. The zero-order valence-electron chi connectivity index (χ0n) is 11.6. The van der Waals surface area contributed by atoms with Crippen molar-refractivity contribution in [3.05, 3.63) is 29.8 Å². The molecule has 1 aromatic rings. The van der Waals surface area contributed by atoms with Crippen LogP contribution < -0.4 is 9.62 Å². The molecule has 110 valence electrons. The fraction of sp³-hybridized carbons (Fsp3) is 0.500. The van der Waals surface area contributed by atoms with Crippen LogP contribution in [0.4, 0.5) is 5.69 Å². The minimum Gasteiger partial charge on any atom is -0.352 e. The molecule has 5 nitrogen and oxygen atoms in total. The van der Waals surface area contributed by atoms with Crippen LogP contribution in [0, 0.1) is 0 Å². The van der Waals surface area contributed by atoms with Crippen molar-refractivity contribution in [1.82, 2.24) is 5.32 Å². The van der Waals surface area contributed by atoms with Gasteiger partial charge in [-0.05, 0) is 37.1 Å². The monoisotopic (exact) mass is 296 g/mol. The van der Waals surface area contributed by atoms with E-state index in [-0.39, 0.29) is 11.7 Å². The summed E-state index contributed by atoms with van der Waals surface area (Å²) in [6, 6.07) is 6.73. The second-order valence-corrected chi connectivity index (χ2v) is 6.91. The van der Waals surface area contributed by atoms with E-state index in [1.54, 1.807) is 24.3 Å². The molecule has 0 radical (unpaired) electrons. The summed E-state index contributed by atoms with van der Waals surface area (Å²) in [5.41, 5.74) is 1.19. The van der Waals surface area contributed by atoms with Gasteiger partial charge in [0.25, 0.3) is 5.91 Å². The van der Waals surface area contributed by atoms with Crippen molar-refractivity contribution in [2.24, 2.45) is 0 Å². The first-order valence-corrected chi connectivity index (χ1v) is 8.54. The van der Waals surface area contributed by atoms with Crippen molar-refractivity contribution in [3.8, 4) is 0 Å². The Labute approximate surface area is 120 Å². The second kappa shape index (κ2) is 6.26. The maximum absolute atomic E-state index is 11.8. The molecular formula is C14H20N2O3S. The number of carbonyl (C=O) groups is 1. The largest absolute Gasteiger partial charge is 0.352 e. The molecule has 1 amide bonds. The van der Waals surface area contributed by atoms with E-state index in [4.69, 9.17) is 0 Å². The van der Waals surface area contributed by atoms with Crippen LogP contribution >= 0.6 is 0 Å². The van der Waals surface area contributed by atoms with Crippen molar-refractivity contribution in [3.63, 3.8) is 0 Å². The zero-order chi connectivity index (χ0) is 14.6. The Balaban J connectivity index is 2.05. The average molecular weight is 296 g/mol. The Morgan fingerprint density at radius 3 is 2.55 bits per heavy atom. The van der Waals surface area contributed by atoms with Crippen molar-refractivity contribution >= 4 is 21.6 Å². The fourth-order valence-electron chi connectivity index (χ4n) is 2.19. The first-order valence-electron chi connectivity index (χ1n) is 6.93. The Morgan fingerprint density at radius 1 is 1.30 bits per heavy atom. The SMILES string of the molecule is CCCCNC(=O)c1ccc(N2CCCS2(=O)=O)cc1. The molecule has 0 aliphatic carbocycles. The minimum absolute atomic E-state index is 0.116. The molecule has 0 saturated carbocycles. The lowest BCUT2D eigenvalue weighted by atomic mass is 10.2. The quantitative estimate of drug-likeness (QED) is 0.842. The number of benzene rings is 1. The van der Waals surface area contributed by atoms with Crippen LogP contribution in [0.1, 0.15) is 36.5 Å². The van der Waals surface area contributed by atoms with E-state index >= 15 is 0 Å². The molecule has 1 aliphatic heterocycles. The van der Waals surface area contributed by atoms with Gasteiger partial charge in [0, 0.05) is 18.7 Å². The number of amides is 1. The summed E-state index contributed by atoms with van der Waals surface area (Å²) >= 11 is 0. The van der Waals surface area contributed by atoms with Gasteiger partial charge in [0.1, 0.15) is 0 Å². The molecule has 1 N–H and O–H groups in total. The third kappa shape index (κ3) is 3.30. The number of anilines is 1. The summed E-state index contributed by atoms with van der Waals surface area (Å²) < 4.78 is 25.0. The molecule has 20 heavy (non-hydrogen) atoms. The highest BCUT2D eigenvalue weighted by Gasteiger charge is 2.28. The van der Waals surface area contributed by atoms with Crippen molar-refractivity contribution in [2.75, 3.05) is 23.1 Å². The van der Waals surface area contributed by atoms with Gasteiger partial charge in [0.05, 0.1) is 11.4 Å². The predicted octanol–water partition coefficient (Wildman–Crippen LogP) is 1.76. The Hall–Kier alpha value is -1.56. The molecule has 6 heteroatoms. The number of unbranched alkanes of at least 4 members (excludes halogenated alkanes) is 1. The molecule has 0 bridgehead atoms. The first-order chi connectivity index (χ1) is 9.54. The van der Waals surface area contributed by atoms with Gasteiger partial charge in [0.15, 0.2) is 0 Å². The number of rotatable bonds is 5. The lowest BCUT2D eigenvalue weighted by molar-refractivity contribution is 0.0953. The van der Waals surface area contributed by atoms with E-state index in [2.05, 4.69) is 12.2 Å². The summed E-state index contributed by atoms with van der Waals surface area (Å²) in [7, 11) is -3.16. The van der Waals surface area contributed by atoms with E-state index in [1.165, 1.54) is 4.31 Å². The molecule has 1 aromatic carbocycles. The van der Waals surface area contributed by atoms with E-state index in [9.17, 15) is 13.2 Å². The molecule has 0 atom stereocenters. The van der Waals surface area contributed by atoms with Gasteiger partial charge >= 0.3 is 0 Å². The molecule has 2 rings (SSSR count). The van der Waals surface area contributed by atoms with Gasteiger partial charge in [-0.15, -0.1) is 0 Å². The van der Waals surface area contributed by atoms with Crippen LogP contribution in [0.2, 0.25) is 0 Å². The standard InChI is InChI=1S/C14H20N2O3S/c1-2-3-9-15-14(17)12-5-7-13(8-6-12)16-10-4-11-20(16,18)19/h5-8H,2-4,9-11H2,1H3,(H,15,17). The maximum atomic E-state index is 11.8. The van der Waals surface area contributed by atoms with Crippen LogP contribution in [0.5, 0.6) is 0 Å². The molecule has 0 spiro atoms. The minimum atomic E-state index is -3.16. The molecule has 0 unspecified atom stereocenters.